The average Bonchev–Trinajstić information content (AvgIpc) is 3.39. The van der Waals surface area contributed by atoms with Crippen molar-refractivity contribution in [3.05, 3.63) is 95.8 Å². The maximum atomic E-state index is 5.77. The Kier molecular flexibility index (Phi) is 4.24. The van der Waals surface area contributed by atoms with Crippen LogP contribution in [0.25, 0.3) is 21.8 Å². The molecule has 0 aliphatic carbocycles. The fourth-order valence-corrected chi connectivity index (χ4v) is 4.23. The van der Waals surface area contributed by atoms with Crippen molar-refractivity contribution in [2.75, 3.05) is 14.2 Å². The maximum absolute atomic E-state index is 5.77. The van der Waals surface area contributed by atoms with E-state index in [1.54, 1.807) is 14.2 Å². The van der Waals surface area contributed by atoms with Crippen molar-refractivity contribution in [1.82, 2.24) is 9.97 Å². The van der Waals surface area contributed by atoms with Gasteiger partial charge in [0.15, 0.2) is 0 Å². The van der Waals surface area contributed by atoms with E-state index in [4.69, 9.17) is 9.47 Å². The van der Waals surface area contributed by atoms with E-state index < -0.39 is 0 Å². The second-order valence-electron chi connectivity index (χ2n) is 7.12. The van der Waals surface area contributed by atoms with Crippen molar-refractivity contribution >= 4 is 21.8 Å². The molecule has 5 aromatic rings. The minimum absolute atomic E-state index is 0.0210. The van der Waals surface area contributed by atoms with Gasteiger partial charge in [-0.05, 0) is 41.5 Å². The first-order valence-electron chi connectivity index (χ1n) is 9.64. The summed E-state index contributed by atoms with van der Waals surface area (Å²) in [4.78, 5) is 6.86. The summed E-state index contributed by atoms with van der Waals surface area (Å²) in [6.07, 6.45) is 4.21. The number of aromatic nitrogens is 2. The zero-order chi connectivity index (χ0) is 19.8. The Morgan fingerprint density at radius 2 is 1.24 bits per heavy atom. The summed E-state index contributed by atoms with van der Waals surface area (Å²) in [5.74, 6) is 1.63. The largest absolute Gasteiger partial charge is 0.497 e. The molecular formula is C25H22N2O2. The molecule has 3 aromatic carbocycles. The topological polar surface area (TPSA) is 50.0 Å². The summed E-state index contributed by atoms with van der Waals surface area (Å²) in [5.41, 5.74) is 5.72. The van der Waals surface area contributed by atoms with E-state index in [0.29, 0.717) is 0 Å². The molecule has 4 nitrogen and oxygen atoms in total. The van der Waals surface area contributed by atoms with Crippen LogP contribution in [0, 0.1) is 0 Å². The second-order valence-corrected chi connectivity index (χ2v) is 7.12. The first kappa shape index (κ1) is 17.4. The lowest BCUT2D eigenvalue weighted by molar-refractivity contribution is 0.398. The Hall–Kier alpha value is -3.66. The molecule has 5 rings (SSSR count). The molecule has 0 bridgehead atoms. The maximum Gasteiger partial charge on any atom is 0.123 e. The van der Waals surface area contributed by atoms with Gasteiger partial charge in [0.1, 0.15) is 11.5 Å². The van der Waals surface area contributed by atoms with Crippen LogP contribution in [0.5, 0.6) is 11.5 Å². The molecule has 29 heavy (non-hydrogen) atoms. The van der Waals surface area contributed by atoms with E-state index in [2.05, 4.69) is 77.0 Å². The first-order valence-corrected chi connectivity index (χ1v) is 9.64. The van der Waals surface area contributed by atoms with Crippen molar-refractivity contribution in [1.29, 1.82) is 0 Å². The number of benzene rings is 3. The normalized spacial score (nSPS) is 11.4. The first-order chi connectivity index (χ1) is 14.3. The quantitative estimate of drug-likeness (QED) is 0.401. The minimum Gasteiger partial charge on any atom is -0.497 e. The Morgan fingerprint density at radius 1 is 0.655 bits per heavy atom. The van der Waals surface area contributed by atoms with Gasteiger partial charge in [0.05, 0.1) is 14.2 Å². The molecule has 0 spiro atoms. The highest BCUT2D eigenvalue weighted by molar-refractivity contribution is 5.89. The smallest absolute Gasteiger partial charge is 0.123 e. The van der Waals surface area contributed by atoms with E-state index in [9.17, 15) is 0 Å². The molecule has 144 valence electrons. The van der Waals surface area contributed by atoms with E-state index in [1.165, 1.54) is 21.9 Å². The molecule has 0 atom stereocenters. The third-order valence-corrected chi connectivity index (χ3v) is 5.61. The summed E-state index contributed by atoms with van der Waals surface area (Å²) < 4.78 is 11.3. The molecule has 4 heteroatoms. The summed E-state index contributed by atoms with van der Waals surface area (Å²) >= 11 is 0. The van der Waals surface area contributed by atoms with Crippen LogP contribution < -0.4 is 9.47 Å². The van der Waals surface area contributed by atoms with Gasteiger partial charge in [-0.2, -0.15) is 0 Å². The zero-order valence-corrected chi connectivity index (χ0v) is 16.4. The van der Waals surface area contributed by atoms with E-state index in [1.807, 2.05) is 12.1 Å². The van der Waals surface area contributed by atoms with Crippen molar-refractivity contribution < 1.29 is 9.47 Å². The second kappa shape index (κ2) is 7.06. The Balaban J connectivity index is 1.83. The zero-order valence-electron chi connectivity index (χ0n) is 16.4. The van der Waals surface area contributed by atoms with Crippen LogP contribution in [0.15, 0.2) is 79.1 Å². The average molecular weight is 382 g/mol. The van der Waals surface area contributed by atoms with Crippen LogP contribution in [0.4, 0.5) is 0 Å². The standard InChI is InChI=1S/C25H22N2O2/c1-28-16-11-12-24(29-2)19(13-16)25(20-14-26-22-9-5-3-7-17(20)22)21-15-27-23-10-6-4-8-18(21)23/h3-15,25-27H,1-2H3. The fraction of sp³-hybridized carbons (Fsp3) is 0.120. The van der Waals surface area contributed by atoms with Crippen LogP contribution >= 0.6 is 0 Å². The molecule has 0 amide bonds. The highest BCUT2D eigenvalue weighted by Crippen LogP contribution is 2.43. The molecular weight excluding hydrogens is 360 g/mol. The summed E-state index contributed by atoms with van der Waals surface area (Å²) in [5, 5.41) is 2.40. The van der Waals surface area contributed by atoms with Gasteiger partial charge < -0.3 is 19.4 Å². The number of para-hydroxylation sites is 2. The Bertz CT molecular complexity index is 1220. The van der Waals surface area contributed by atoms with Gasteiger partial charge >= 0.3 is 0 Å². The number of ether oxygens (including phenoxy) is 2. The predicted molar refractivity (Wildman–Crippen MR) is 117 cm³/mol. The van der Waals surface area contributed by atoms with Gasteiger partial charge in [0.2, 0.25) is 0 Å². The number of methoxy groups -OCH3 is 2. The lowest BCUT2D eigenvalue weighted by Gasteiger charge is -2.21. The van der Waals surface area contributed by atoms with Gasteiger partial charge in [0, 0.05) is 45.7 Å². The van der Waals surface area contributed by atoms with Gasteiger partial charge in [0.25, 0.3) is 0 Å². The highest BCUT2D eigenvalue weighted by atomic mass is 16.5. The minimum atomic E-state index is -0.0210. The summed E-state index contributed by atoms with van der Waals surface area (Å²) in [6, 6.07) is 22.8. The highest BCUT2D eigenvalue weighted by Gasteiger charge is 2.26. The van der Waals surface area contributed by atoms with Crippen molar-refractivity contribution in [2.45, 2.75) is 5.92 Å². The number of rotatable bonds is 5. The number of aromatic amines is 2. The van der Waals surface area contributed by atoms with Crippen LogP contribution in [0.3, 0.4) is 0 Å². The molecule has 0 fully saturated rings. The fourth-order valence-electron chi connectivity index (χ4n) is 4.23. The van der Waals surface area contributed by atoms with Gasteiger partial charge in [-0.1, -0.05) is 36.4 Å². The molecule has 2 aromatic heterocycles. The van der Waals surface area contributed by atoms with Crippen molar-refractivity contribution in [2.24, 2.45) is 0 Å². The molecule has 2 heterocycles. The molecule has 0 saturated heterocycles. The third-order valence-electron chi connectivity index (χ3n) is 5.61. The molecule has 0 aliphatic rings. The van der Waals surface area contributed by atoms with E-state index in [-0.39, 0.29) is 5.92 Å². The number of fused-ring (bicyclic) bond motifs is 2. The number of hydrogen-bond acceptors (Lipinski definition) is 2. The van der Waals surface area contributed by atoms with Gasteiger partial charge in [-0.3, -0.25) is 0 Å². The lowest BCUT2D eigenvalue weighted by Crippen LogP contribution is -2.05. The predicted octanol–water partition coefficient (Wildman–Crippen LogP) is 5.85. The number of hydrogen-bond donors (Lipinski definition) is 2. The van der Waals surface area contributed by atoms with Gasteiger partial charge in [-0.15, -0.1) is 0 Å². The molecule has 2 N–H and O–H groups in total. The third kappa shape index (κ3) is 2.85. The van der Waals surface area contributed by atoms with E-state index in [0.717, 1.165) is 28.1 Å². The van der Waals surface area contributed by atoms with Gasteiger partial charge in [-0.25, -0.2) is 0 Å². The molecule has 0 radical (unpaired) electrons. The van der Waals surface area contributed by atoms with Crippen LogP contribution in [0.2, 0.25) is 0 Å². The van der Waals surface area contributed by atoms with Crippen LogP contribution in [0.1, 0.15) is 22.6 Å². The van der Waals surface area contributed by atoms with E-state index >= 15 is 0 Å². The Labute approximate surface area is 169 Å². The van der Waals surface area contributed by atoms with Crippen molar-refractivity contribution in [3.63, 3.8) is 0 Å². The Morgan fingerprint density at radius 3 is 1.79 bits per heavy atom. The van der Waals surface area contributed by atoms with Crippen molar-refractivity contribution in [3.8, 4) is 11.5 Å². The molecule has 0 saturated carbocycles. The molecule has 0 aliphatic heterocycles. The SMILES string of the molecule is COc1ccc(OC)c(C(c2c[nH]c3ccccc23)c2c[nH]c3ccccc23)c1. The number of nitrogens with one attached hydrogen (secondary N) is 2. The van der Waals surface area contributed by atoms with Crippen LogP contribution in [-0.2, 0) is 0 Å². The summed E-state index contributed by atoms with van der Waals surface area (Å²) in [6.45, 7) is 0. The monoisotopic (exact) mass is 382 g/mol. The molecule has 0 unspecified atom stereocenters. The number of H-pyrrole nitrogens is 2. The van der Waals surface area contributed by atoms with Crippen LogP contribution in [-0.4, -0.2) is 24.2 Å². The lowest BCUT2D eigenvalue weighted by atomic mass is 9.84. The summed E-state index contributed by atoms with van der Waals surface area (Å²) in [7, 11) is 3.41.